The third kappa shape index (κ3) is 3.16. The fraction of sp³-hybridized carbons (Fsp3) is 0.353. The highest BCUT2D eigenvalue weighted by molar-refractivity contribution is 6.25. The van der Waals surface area contributed by atoms with Gasteiger partial charge in [0.2, 0.25) is 5.88 Å². The van der Waals surface area contributed by atoms with Crippen LogP contribution in [0.4, 0.5) is 13.2 Å². The first-order valence-corrected chi connectivity index (χ1v) is 7.75. The fourth-order valence-corrected chi connectivity index (χ4v) is 2.90. The summed E-state index contributed by atoms with van der Waals surface area (Å²) in [5, 5.41) is 0.165. The molecule has 0 N–H and O–H groups in total. The number of alkyl halides is 3. The van der Waals surface area contributed by atoms with E-state index in [9.17, 15) is 27.6 Å². The zero-order chi connectivity index (χ0) is 19.1. The van der Waals surface area contributed by atoms with Gasteiger partial charge >= 0.3 is 6.18 Å². The topological polar surface area (TPSA) is 86.2 Å². The normalized spacial score (nSPS) is 16.2. The third-order valence-electron chi connectivity index (χ3n) is 4.15. The van der Waals surface area contributed by atoms with Crippen molar-refractivity contribution in [3.63, 3.8) is 0 Å². The maximum Gasteiger partial charge on any atom is 0.434 e. The number of halogens is 3. The highest BCUT2D eigenvalue weighted by atomic mass is 19.4. The quantitative estimate of drug-likeness (QED) is 0.613. The number of carbonyl (C=O) groups is 3. The van der Waals surface area contributed by atoms with E-state index in [-0.39, 0.29) is 29.8 Å². The molecule has 1 aliphatic rings. The van der Waals surface area contributed by atoms with E-state index in [1.807, 2.05) is 0 Å². The SMILES string of the molecule is COc1ccc2cc(C(=O)C3C(=O)CCCC3=O)c(C(F)(F)F)nc2n1. The highest BCUT2D eigenvalue weighted by Gasteiger charge is 2.43. The number of Topliss-reactive ketones (excluding diaryl/α,β-unsaturated/α-hetero) is 3. The first-order valence-electron chi connectivity index (χ1n) is 7.75. The van der Waals surface area contributed by atoms with Crippen molar-refractivity contribution in [3.05, 3.63) is 29.5 Å². The summed E-state index contributed by atoms with van der Waals surface area (Å²) in [5.41, 5.74) is -2.53. The van der Waals surface area contributed by atoms with Crippen molar-refractivity contribution in [2.24, 2.45) is 5.92 Å². The molecule has 6 nitrogen and oxygen atoms in total. The van der Waals surface area contributed by atoms with E-state index in [0.717, 1.165) is 6.07 Å². The monoisotopic (exact) mass is 366 g/mol. The lowest BCUT2D eigenvalue weighted by molar-refractivity contribution is -0.142. The lowest BCUT2D eigenvalue weighted by atomic mass is 9.81. The molecule has 0 aromatic carbocycles. The second-order valence-electron chi connectivity index (χ2n) is 5.87. The van der Waals surface area contributed by atoms with Crippen LogP contribution >= 0.6 is 0 Å². The van der Waals surface area contributed by atoms with Gasteiger partial charge in [0.1, 0.15) is 5.92 Å². The van der Waals surface area contributed by atoms with E-state index < -0.39 is 40.7 Å². The Morgan fingerprint density at radius 3 is 2.38 bits per heavy atom. The van der Waals surface area contributed by atoms with Crippen molar-refractivity contribution in [2.75, 3.05) is 7.11 Å². The average Bonchev–Trinajstić information content (AvgIpc) is 2.59. The number of pyridine rings is 2. The Bertz CT molecular complexity index is 908. The summed E-state index contributed by atoms with van der Waals surface area (Å²) in [7, 11) is 1.30. The molecule has 1 saturated carbocycles. The van der Waals surface area contributed by atoms with Gasteiger partial charge in [-0.15, -0.1) is 0 Å². The van der Waals surface area contributed by atoms with E-state index in [1.54, 1.807) is 0 Å². The minimum absolute atomic E-state index is 0.0107. The fourth-order valence-electron chi connectivity index (χ4n) is 2.90. The standard InChI is InChI=1S/C17H13F3N2O4/c1-26-12-6-5-8-7-9(15(17(18,19)20)22-16(8)21-12)14(25)13-10(23)3-2-4-11(13)24/h5-7,13H,2-4H2,1H3. The lowest BCUT2D eigenvalue weighted by Crippen LogP contribution is -2.36. The summed E-state index contributed by atoms with van der Waals surface area (Å²) >= 11 is 0. The van der Waals surface area contributed by atoms with Gasteiger partial charge in [0.05, 0.1) is 12.7 Å². The van der Waals surface area contributed by atoms with Crippen molar-refractivity contribution in [1.82, 2.24) is 9.97 Å². The summed E-state index contributed by atoms with van der Waals surface area (Å²) in [5.74, 6) is -4.12. The van der Waals surface area contributed by atoms with E-state index in [2.05, 4.69) is 9.97 Å². The van der Waals surface area contributed by atoms with Crippen molar-refractivity contribution in [3.8, 4) is 5.88 Å². The number of hydrogen-bond donors (Lipinski definition) is 0. The minimum atomic E-state index is -4.95. The number of rotatable bonds is 3. The Balaban J connectivity index is 2.18. The van der Waals surface area contributed by atoms with Crippen molar-refractivity contribution in [2.45, 2.75) is 25.4 Å². The molecule has 136 valence electrons. The molecule has 1 aliphatic carbocycles. The van der Waals surface area contributed by atoms with Gasteiger partial charge in [-0.05, 0) is 18.6 Å². The van der Waals surface area contributed by atoms with Crippen molar-refractivity contribution < 1.29 is 32.3 Å². The molecular formula is C17H13F3N2O4. The molecule has 2 aromatic heterocycles. The minimum Gasteiger partial charge on any atom is -0.481 e. The first-order chi connectivity index (χ1) is 12.2. The van der Waals surface area contributed by atoms with Crippen LogP contribution in [-0.2, 0) is 15.8 Å². The van der Waals surface area contributed by atoms with E-state index in [0.29, 0.717) is 6.42 Å². The summed E-state index contributed by atoms with van der Waals surface area (Å²) < 4.78 is 45.2. The molecule has 0 bridgehead atoms. The summed E-state index contributed by atoms with van der Waals surface area (Å²) in [6.45, 7) is 0. The number of methoxy groups -OCH3 is 1. The van der Waals surface area contributed by atoms with Crippen LogP contribution in [0, 0.1) is 5.92 Å². The van der Waals surface area contributed by atoms with Crippen molar-refractivity contribution in [1.29, 1.82) is 0 Å². The second-order valence-corrected chi connectivity index (χ2v) is 5.87. The largest absolute Gasteiger partial charge is 0.481 e. The number of carbonyl (C=O) groups excluding carboxylic acids is 3. The van der Waals surface area contributed by atoms with Crippen LogP contribution in [0.2, 0.25) is 0 Å². The summed E-state index contributed by atoms with van der Waals surface area (Å²) in [6.07, 6.45) is -4.68. The molecule has 2 heterocycles. The van der Waals surface area contributed by atoms with E-state index in [4.69, 9.17) is 4.74 Å². The molecule has 0 aliphatic heterocycles. The number of nitrogens with zero attached hydrogens (tertiary/aromatic N) is 2. The van der Waals surface area contributed by atoms with Crippen LogP contribution in [0.15, 0.2) is 18.2 Å². The zero-order valence-electron chi connectivity index (χ0n) is 13.6. The molecule has 0 unspecified atom stereocenters. The van der Waals surface area contributed by atoms with Crippen LogP contribution in [-0.4, -0.2) is 34.4 Å². The molecule has 3 rings (SSSR count). The number of hydrogen-bond acceptors (Lipinski definition) is 6. The molecule has 0 atom stereocenters. The number of ketones is 3. The molecule has 0 amide bonds. The van der Waals surface area contributed by atoms with Crippen molar-refractivity contribution >= 4 is 28.4 Å². The van der Waals surface area contributed by atoms with Crippen LogP contribution in [0.25, 0.3) is 11.0 Å². The van der Waals surface area contributed by atoms with Gasteiger partial charge in [-0.3, -0.25) is 14.4 Å². The van der Waals surface area contributed by atoms with Crippen LogP contribution in [0.1, 0.15) is 35.3 Å². The van der Waals surface area contributed by atoms with Crippen LogP contribution < -0.4 is 4.74 Å². The number of fused-ring (bicyclic) bond motifs is 1. The zero-order valence-corrected chi connectivity index (χ0v) is 13.6. The molecular weight excluding hydrogens is 353 g/mol. The van der Waals surface area contributed by atoms with E-state index >= 15 is 0 Å². The van der Waals surface area contributed by atoms with Gasteiger partial charge in [0, 0.05) is 24.3 Å². The van der Waals surface area contributed by atoms with Gasteiger partial charge < -0.3 is 4.74 Å². The second kappa shape index (κ2) is 6.47. The first kappa shape index (κ1) is 18.0. The maximum absolute atomic E-state index is 13.4. The molecule has 9 heteroatoms. The molecule has 0 saturated heterocycles. The summed E-state index contributed by atoms with van der Waals surface area (Å²) in [4.78, 5) is 43.8. The van der Waals surface area contributed by atoms with Gasteiger partial charge in [0.25, 0.3) is 0 Å². The van der Waals surface area contributed by atoms with Crippen LogP contribution in [0.5, 0.6) is 5.88 Å². The van der Waals surface area contributed by atoms with E-state index in [1.165, 1.54) is 19.2 Å². The van der Waals surface area contributed by atoms with Crippen LogP contribution in [0.3, 0.4) is 0 Å². The maximum atomic E-state index is 13.4. The summed E-state index contributed by atoms with van der Waals surface area (Å²) in [6, 6.07) is 3.77. The van der Waals surface area contributed by atoms with Gasteiger partial charge in [-0.1, -0.05) is 0 Å². The Morgan fingerprint density at radius 1 is 1.15 bits per heavy atom. The molecule has 0 spiro atoms. The Hall–Kier alpha value is -2.84. The van der Waals surface area contributed by atoms with Gasteiger partial charge in [-0.2, -0.15) is 18.2 Å². The van der Waals surface area contributed by atoms with Gasteiger partial charge in [-0.25, -0.2) is 4.98 Å². The molecule has 1 fully saturated rings. The smallest absolute Gasteiger partial charge is 0.434 e. The third-order valence-corrected chi connectivity index (χ3v) is 4.15. The number of aromatic nitrogens is 2. The molecule has 26 heavy (non-hydrogen) atoms. The molecule has 2 aromatic rings. The Labute approximate surface area is 145 Å². The highest BCUT2D eigenvalue weighted by Crippen LogP contribution is 2.34. The lowest BCUT2D eigenvalue weighted by Gasteiger charge is -2.20. The Morgan fingerprint density at radius 2 is 1.81 bits per heavy atom. The van der Waals surface area contributed by atoms with Gasteiger partial charge in [0.15, 0.2) is 28.7 Å². The number of ether oxygens (including phenoxy) is 1. The molecule has 0 radical (unpaired) electrons. The predicted molar refractivity (Wildman–Crippen MR) is 82.8 cm³/mol. The Kier molecular flexibility index (Phi) is 4.47. The average molecular weight is 366 g/mol. The predicted octanol–water partition coefficient (Wildman–Crippen LogP) is 2.78.